The number of nitrogens with zero attached hydrogens (tertiary/aromatic N) is 1. The lowest BCUT2D eigenvalue weighted by molar-refractivity contribution is 0.407. The van der Waals surface area contributed by atoms with Crippen molar-refractivity contribution < 1.29 is 9.15 Å². The number of methoxy groups -OCH3 is 1. The molecular formula is C19H16N2O3. The van der Waals surface area contributed by atoms with E-state index in [9.17, 15) is 4.79 Å². The number of imidazole rings is 1. The lowest BCUT2D eigenvalue weighted by atomic mass is 10.1. The van der Waals surface area contributed by atoms with E-state index in [1.807, 2.05) is 38.1 Å². The van der Waals surface area contributed by atoms with Crippen molar-refractivity contribution in [2.24, 2.45) is 0 Å². The summed E-state index contributed by atoms with van der Waals surface area (Å²) in [6.45, 7) is 4.09. The van der Waals surface area contributed by atoms with Gasteiger partial charge in [-0.25, -0.2) is 9.78 Å². The van der Waals surface area contributed by atoms with Gasteiger partial charge >= 0.3 is 5.63 Å². The number of fused-ring (bicyclic) bond motifs is 2. The summed E-state index contributed by atoms with van der Waals surface area (Å²) in [5, 5.41) is 0.789. The molecule has 0 saturated heterocycles. The number of aromatic amines is 1. The molecule has 0 aliphatic heterocycles. The van der Waals surface area contributed by atoms with Crippen molar-refractivity contribution in [3.8, 4) is 17.1 Å². The Morgan fingerprint density at radius 2 is 1.92 bits per heavy atom. The van der Waals surface area contributed by atoms with Crippen molar-refractivity contribution in [1.29, 1.82) is 0 Å². The fourth-order valence-corrected chi connectivity index (χ4v) is 2.84. The summed E-state index contributed by atoms with van der Waals surface area (Å²) in [6.07, 6.45) is 0. The summed E-state index contributed by atoms with van der Waals surface area (Å²) in [6, 6.07) is 11.3. The van der Waals surface area contributed by atoms with Crippen molar-refractivity contribution >= 4 is 22.0 Å². The number of H-pyrrole nitrogens is 1. The number of ether oxygens (including phenoxy) is 1. The molecule has 0 amide bonds. The maximum Gasteiger partial charge on any atom is 0.347 e. The Bertz CT molecular complexity index is 1100. The predicted molar refractivity (Wildman–Crippen MR) is 93.6 cm³/mol. The van der Waals surface area contributed by atoms with Gasteiger partial charge in [0.1, 0.15) is 11.4 Å². The first-order valence-corrected chi connectivity index (χ1v) is 7.65. The molecule has 0 aliphatic rings. The molecule has 1 N–H and O–H groups in total. The third-order valence-electron chi connectivity index (χ3n) is 4.30. The Morgan fingerprint density at radius 1 is 1.12 bits per heavy atom. The van der Waals surface area contributed by atoms with Gasteiger partial charge in [-0.1, -0.05) is 12.1 Å². The first-order chi connectivity index (χ1) is 11.6. The molecule has 4 rings (SSSR count). The van der Waals surface area contributed by atoms with Crippen LogP contribution in [0.1, 0.15) is 11.1 Å². The van der Waals surface area contributed by atoms with Gasteiger partial charge in [-0.05, 0) is 49.2 Å². The average molecular weight is 320 g/mol. The van der Waals surface area contributed by atoms with Crippen LogP contribution in [0.4, 0.5) is 0 Å². The van der Waals surface area contributed by atoms with Crippen LogP contribution < -0.4 is 10.4 Å². The van der Waals surface area contributed by atoms with Crippen LogP contribution in [0.3, 0.4) is 0 Å². The molecule has 4 aromatic rings. The standard InChI is InChI=1S/C19H16N2O3/c1-10-7-14-15(8-11(10)2)21-18(20-14)13-9-12-5-4-6-16(23-3)17(12)24-19(13)22/h4-9H,1-3H3,(H,20,21). The van der Waals surface area contributed by atoms with E-state index in [0.29, 0.717) is 22.7 Å². The van der Waals surface area contributed by atoms with Crippen LogP contribution >= 0.6 is 0 Å². The zero-order valence-corrected chi connectivity index (χ0v) is 13.6. The van der Waals surface area contributed by atoms with Gasteiger partial charge in [-0.2, -0.15) is 0 Å². The summed E-state index contributed by atoms with van der Waals surface area (Å²) < 4.78 is 10.7. The Hall–Kier alpha value is -3.08. The summed E-state index contributed by atoms with van der Waals surface area (Å²) in [5.74, 6) is 1.04. The number of nitrogens with one attached hydrogen (secondary N) is 1. The van der Waals surface area contributed by atoms with Crippen molar-refractivity contribution in [2.45, 2.75) is 13.8 Å². The van der Waals surface area contributed by atoms with Crippen LogP contribution in [-0.2, 0) is 0 Å². The maximum absolute atomic E-state index is 12.4. The molecule has 0 bridgehead atoms. The highest BCUT2D eigenvalue weighted by molar-refractivity contribution is 5.87. The summed E-state index contributed by atoms with van der Waals surface area (Å²) in [7, 11) is 1.55. The van der Waals surface area contributed by atoms with Gasteiger partial charge < -0.3 is 14.1 Å². The van der Waals surface area contributed by atoms with Gasteiger partial charge in [0.25, 0.3) is 0 Å². The second-order valence-electron chi connectivity index (χ2n) is 5.87. The molecule has 120 valence electrons. The van der Waals surface area contributed by atoms with E-state index in [1.54, 1.807) is 19.2 Å². The Labute approximate surface area is 137 Å². The van der Waals surface area contributed by atoms with Crippen LogP contribution in [-0.4, -0.2) is 17.1 Å². The number of aromatic nitrogens is 2. The lowest BCUT2D eigenvalue weighted by Crippen LogP contribution is -2.04. The zero-order valence-electron chi connectivity index (χ0n) is 13.6. The fraction of sp³-hybridized carbons (Fsp3) is 0.158. The third kappa shape index (κ3) is 2.17. The lowest BCUT2D eigenvalue weighted by Gasteiger charge is -2.04. The molecule has 0 spiro atoms. The monoisotopic (exact) mass is 320 g/mol. The number of hydrogen-bond donors (Lipinski definition) is 1. The minimum Gasteiger partial charge on any atom is -0.493 e. The first-order valence-electron chi connectivity index (χ1n) is 7.65. The SMILES string of the molecule is COc1cccc2cc(-c3nc4cc(C)c(C)cc4[nH]3)c(=O)oc12. The maximum atomic E-state index is 12.4. The van der Waals surface area contributed by atoms with E-state index in [2.05, 4.69) is 9.97 Å². The van der Waals surface area contributed by atoms with Gasteiger partial charge in [-0.3, -0.25) is 0 Å². The number of benzene rings is 2. The third-order valence-corrected chi connectivity index (χ3v) is 4.30. The number of hydrogen-bond acceptors (Lipinski definition) is 4. The van der Waals surface area contributed by atoms with E-state index < -0.39 is 5.63 Å². The van der Waals surface area contributed by atoms with Crippen molar-refractivity contribution in [1.82, 2.24) is 9.97 Å². The van der Waals surface area contributed by atoms with Gasteiger partial charge in [0.2, 0.25) is 0 Å². The number of rotatable bonds is 2. The Morgan fingerprint density at radius 3 is 2.71 bits per heavy atom. The molecule has 5 nitrogen and oxygen atoms in total. The molecule has 0 saturated carbocycles. The predicted octanol–water partition coefficient (Wildman–Crippen LogP) is 3.96. The Kier molecular flexibility index (Phi) is 3.16. The highest BCUT2D eigenvalue weighted by Crippen LogP contribution is 2.27. The van der Waals surface area contributed by atoms with Crippen molar-refractivity contribution in [2.75, 3.05) is 7.11 Å². The quantitative estimate of drug-likeness (QED) is 0.568. The van der Waals surface area contributed by atoms with Crippen molar-refractivity contribution in [3.05, 3.63) is 57.9 Å². The molecule has 2 aromatic carbocycles. The minimum absolute atomic E-state index is 0.405. The molecule has 0 atom stereocenters. The van der Waals surface area contributed by atoms with Crippen LogP contribution in [0.15, 0.2) is 45.6 Å². The van der Waals surface area contributed by atoms with Crippen LogP contribution in [0, 0.1) is 13.8 Å². The number of para-hydroxylation sites is 1. The molecule has 0 fully saturated rings. The second kappa shape index (κ2) is 5.23. The highest BCUT2D eigenvalue weighted by atomic mass is 16.5. The molecule has 2 heterocycles. The summed E-state index contributed by atoms with van der Waals surface area (Å²) in [4.78, 5) is 20.2. The van der Waals surface area contributed by atoms with Crippen LogP contribution in [0.25, 0.3) is 33.4 Å². The van der Waals surface area contributed by atoms with Gasteiger partial charge in [0.05, 0.1) is 18.1 Å². The van der Waals surface area contributed by atoms with E-state index in [4.69, 9.17) is 9.15 Å². The molecule has 2 aromatic heterocycles. The smallest absolute Gasteiger partial charge is 0.347 e. The molecule has 0 radical (unpaired) electrons. The first kappa shape index (κ1) is 14.5. The van der Waals surface area contributed by atoms with Gasteiger partial charge in [-0.15, -0.1) is 0 Å². The van der Waals surface area contributed by atoms with Crippen molar-refractivity contribution in [3.63, 3.8) is 0 Å². The van der Waals surface area contributed by atoms with E-state index in [-0.39, 0.29) is 0 Å². The number of aryl methyl sites for hydroxylation is 2. The summed E-state index contributed by atoms with van der Waals surface area (Å²) >= 11 is 0. The second-order valence-corrected chi connectivity index (χ2v) is 5.87. The van der Waals surface area contributed by atoms with E-state index in [1.165, 1.54) is 5.56 Å². The van der Waals surface area contributed by atoms with Gasteiger partial charge in [0, 0.05) is 5.39 Å². The average Bonchev–Trinajstić information content (AvgIpc) is 2.96. The Balaban J connectivity index is 1.96. The largest absolute Gasteiger partial charge is 0.493 e. The summed E-state index contributed by atoms with van der Waals surface area (Å²) in [5.41, 5.74) is 4.47. The van der Waals surface area contributed by atoms with Gasteiger partial charge in [0.15, 0.2) is 11.3 Å². The molecule has 5 heteroatoms. The molecule has 24 heavy (non-hydrogen) atoms. The molecule has 0 unspecified atom stereocenters. The van der Waals surface area contributed by atoms with E-state index >= 15 is 0 Å². The van der Waals surface area contributed by atoms with Crippen LogP contribution in [0.5, 0.6) is 5.75 Å². The molecular weight excluding hydrogens is 304 g/mol. The topological polar surface area (TPSA) is 68.1 Å². The van der Waals surface area contributed by atoms with Crippen LogP contribution in [0.2, 0.25) is 0 Å². The zero-order chi connectivity index (χ0) is 16.8. The van der Waals surface area contributed by atoms with E-state index in [0.717, 1.165) is 22.0 Å². The fourth-order valence-electron chi connectivity index (χ4n) is 2.84. The normalized spacial score (nSPS) is 11.3. The molecule has 0 aliphatic carbocycles. The highest BCUT2D eigenvalue weighted by Gasteiger charge is 2.14. The minimum atomic E-state index is -0.445.